The van der Waals surface area contributed by atoms with Crippen LogP contribution in [0.3, 0.4) is 0 Å². The number of carbonyl (C=O) groups is 1. The van der Waals surface area contributed by atoms with E-state index in [0.717, 1.165) is 44.7 Å². The van der Waals surface area contributed by atoms with Crippen molar-refractivity contribution in [2.75, 3.05) is 0 Å². The van der Waals surface area contributed by atoms with E-state index in [-0.39, 0.29) is 37.1 Å². The van der Waals surface area contributed by atoms with Gasteiger partial charge in [-0.15, -0.1) is 34.9 Å². The Morgan fingerprint density at radius 1 is 0.791 bits per heavy atom. The van der Waals surface area contributed by atoms with Gasteiger partial charge in [0.1, 0.15) is 5.76 Å². The third-order valence-corrected chi connectivity index (χ3v) is 7.05. The van der Waals surface area contributed by atoms with Crippen LogP contribution in [0.5, 0.6) is 0 Å². The molecule has 5 nitrogen and oxygen atoms in total. The maximum absolute atomic E-state index is 11.5. The van der Waals surface area contributed by atoms with Crippen LogP contribution in [0.25, 0.3) is 33.5 Å². The van der Waals surface area contributed by atoms with Gasteiger partial charge in [-0.3, -0.25) is 9.78 Å². The summed E-state index contributed by atoms with van der Waals surface area (Å²) in [6, 6.07) is 22.6. The monoisotopic (exact) mass is 753 g/mol. The number of rotatable bonds is 4. The molecule has 0 aliphatic heterocycles. The molecule has 227 valence electrons. The van der Waals surface area contributed by atoms with Gasteiger partial charge >= 0.3 is 0 Å². The normalized spacial score (nSPS) is 12.0. The van der Waals surface area contributed by atoms with Gasteiger partial charge in [0.25, 0.3) is 0 Å². The van der Waals surface area contributed by atoms with Crippen LogP contribution in [0.4, 0.5) is 0 Å². The van der Waals surface area contributed by atoms with Crippen LogP contribution < -0.4 is 0 Å². The number of allylic oxidation sites excluding steroid dienone is 2. The van der Waals surface area contributed by atoms with Gasteiger partial charge in [-0.2, -0.15) is 0 Å². The number of aryl methyl sites for hydroxylation is 3. The Bertz CT molecular complexity index is 1710. The van der Waals surface area contributed by atoms with Crippen molar-refractivity contribution in [1.82, 2.24) is 14.1 Å². The Morgan fingerprint density at radius 2 is 1.33 bits per heavy atom. The zero-order chi connectivity index (χ0) is 30.8. The average Bonchev–Trinajstić information content (AvgIpc) is 3.61. The van der Waals surface area contributed by atoms with E-state index in [9.17, 15) is 9.90 Å². The standard InChI is InChI=1S/C26H22N3.C11H20O2.Ir/c1-18-12-19(2)14-22(13-18)26-20(3)15-21-16-24(28-8-4-5-9-28)25(17-23(21)27-26)29-10-6-7-11-29;1-10(2,3)8(12)7-9(13)11(4,5)6;/h4-13,15-17H,1-3H3;7,12H,1-6H3;/q-1;;/b;8-7-;. The molecule has 43 heavy (non-hydrogen) atoms. The second-order valence-corrected chi connectivity index (χ2v) is 13.0. The fourth-order valence-corrected chi connectivity index (χ4v) is 4.56. The van der Waals surface area contributed by atoms with Crippen molar-refractivity contribution in [2.45, 2.75) is 62.3 Å². The first-order valence-corrected chi connectivity index (χ1v) is 14.3. The van der Waals surface area contributed by atoms with Gasteiger partial charge in [-0.1, -0.05) is 67.0 Å². The van der Waals surface area contributed by atoms with Gasteiger partial charge in [-0.25, -0.2) is 0 Å². The summed E-state index contributed by atoms with van der Waals surface area (Å²) in [5.41, 5.74) is 8.03. The van der Waals surface area contributed by atoms with E-state index in [0.29, 0.717) is 0 Å². The SMILES string of the molecule is CC(C)(C)C(=O)/C=C(\O)C(C)(C)C.Cc1[c-]c(-c2nc3cc(-n4cccc4)c(-n4cccc4)cc3cc2C)cc(C)c1.[Ir]. The van der Waals surface area contributed by atoms with Gasteiger partial charge in [0.15, 0.2) is 5.78 Å². The Labute approximate surface area is 269 Å². The summed E-state index contributed by atoms with van der Waals surface area (Å²) in [6.45, 7) is 17.4. The summed E-state index contributed by atoms with van der Waals surface area (Å²) in [6.07, 6.45) is 9.63. The van der Waals surface area contributed by atoms with Crippen molar-refractivity contribution in [3.05, 3.63) is 114 Å². The second-order valence-electron chi connectivity index (χ2n) is 13.0. The predicted octanol–water partition coefficient (Wildman–Crippen LogP) is 9.30. The molecule has 3 heterocycles. The number of carbonyl (C=O) groups excluding carboxylic acids is 1. The van der Waals surface area contributed by atoms with Crippen LogP contribution in [0.2, 0.25) is 0 Å². The molecular formula is C37H42IrN3O2-. The van der Waals surface area contributed by atoms with E-state index in [1.54, 1.807) is 0 Å². The summed E-state index contributed by atoms with van der Waals surface area (Å²) in [4.78, 5) is 16.6. The Balaban J connectivity index is 0.000000310. The minimum atomic E-state index is -0.417. The van der Waals surface area contributed by atoms with E-state index >= 15 is 0 Å². The molecule has 0 aliphatic rings. The molecule has 0 atom stereocenters. The molecule has 0 fully saturated rings. The van der Waals surface area contributed by atoms with Gasteiger partial charge in [0.05, 0.1) is 16.9 Å². The van der Waals surface area contributed by atoms with Gasteiger partial charge in [0, 0.05) is 67.2 Å². The number of nitrogens with zero attached hydrogens (tertiary/aromatic N) is 3. The maximum Gasteiger partial charge on any atom is 0.164 e. The Hall–Kier alpha value is -3.73. The number of hydrogen-bond donors (Lipinski definition) is 1. The molecule has 2 aromatic carbocycles. The number of aromatic nitrogens is 3. The summed E-state index contributed by atoms with van der Waals surface area (Å²) in [5, 5.41) is 10.7. The van der Waals surface area contributed by atoms with Crippen LogP contribution in [0, 0.1) is 37.7 Å². The molecule has 5 rings (SSSR count). The smallest absolute Gasteiger partial charge is 0.164 e. The van der Waals surface area contributed by atoms with Crippen LogP contribution in [0.1, 0.15) is 58.2 Å². The largest absolute Gasteiger partial charge is 0.512 e. The Morgan fingerprint density at radius 3 is 1.81 bits per heavy atom. The van der Waals surface area contributed by atoms with E-state index in [1.807, 2.05) is 65.8 Å². The molecular weight excluding hydrogens is 711 g/mol. The molecule has 0 aliphatic carbocycles. The summed E-state index contributed by atoms with van der Waals surface area (Å²) in [5.74, 6) is 0.104. The number of fused-ring (bicyclic) bond motifs is 1. The minimum absolute atomic E-state index is 0. The first-order chi connectivity index (χ1) is 19.6. The summed E-state index contributed by atoms with van der Waals surface area (Å²) in [7, 11) is 0. The van der Waals surface area contributed by atoms with E-state index in [2.05, 4.69) is 91.1 Å². The molecule has 3 aromatic heterocycles. The second kappa shape index (κ2) is 13.3. The van der Waals surface area contributed by atoms with Crippen molar-refractivity contribution in [1.29, 1.82) is 0 Å². The number of benzene rings is 2. The molecule has 0 unspecified atom stereocenters. The zero-order valence-corrected chi connectivity index (χ0v) is 29.0. The first-order valence-electron chi connectivity index (χ1n) is 14.3. The van der Waals surface area contributed by atoms with Gasteiger partial charge in [-0.05, 0) is 49.0 Å². The van der Waals surface area contributed by atoms with Crippen molar-refractivity contribution >= 4 is 16.7 Å². The predicted molar refractivity (Wildman–Crippen MR) is 174 cm³/mol. The quantitative estimate of drug-likeness (QED) is 0.113. The Kier molecular flexibility index (Phi) is 10.4. The van der Waals surface area contributed by atoms with Crippen LogP contribution in [-0.2, 0) is 24.9 Å². The average molecular weight is 753 g/mol. The third kappa shape index (κ3) is 8.22. The van der Waals surface area contributed by atoms with Crippen LogP contribution >= 0.6 is 0 Å². The topological polar surface area (TPSA) is 60.0 Å². The molecule has 0 bridgehead atoms. The third-order valence-electron chi connectivity index (χ3n) is 7.05. The minimum Gasteiger partial charge on any atom is -0.512 e. The zero-order valence-electron chi connectivity index (χ0n) is 26.6. The molecule has 1 radical (unpaired) electrons. The molecule has 0 saturated carbocycles. The maximum atomic E-state index is 11.5. The number of aliphatic hydroxyl groups excluding tert-OH is 1. The fourth-order valence-electron chi connectivity index (χ4n) is 4.56. The number of pyridine rings is 1. The van der Waals surface area contributed by atoms with Crippen LogP contribution in [-0.4, -0.2) is 25.0 Å². The molecule has 1 N–H and O–H groups in total. The molecule has 0 saturated heterocycles. The van der Waals surface area contributed by atoms with Crippen molar-refractivity contribution < 1.29 is 30.0 Å². The van der Waals surface area contributed by atoms with E-state index in [4.69, 9.17) is 4.98 Å². The number of aliphatic hydroxyl groups is 1. The summed E-state index contributed by atoms with van der Waals surface area (Å²) >= 11 is 0. The van der Waals surface area contributed by atoms with E-state index in [1.165, 1.54) is 11.6 Å². The van der Waals surface area contributed by atoms with E-state index < -0.39 is 5.41 Å². The first kappa shape index (κ1) is 33.8. The van der Waals surface area contributed by atoms with Crippen molar-refractivity contribution in [2.24, 2.45) is 10.8 Å². The molecule has 0 amide bonds. The summed E-state index contributed by atoms with van der Waals surface area (Å²) < 4.78 is 4.29. The molecule has 0 spiro atoms. The van der Waals surface area contributed by atoms with Crippen molar-refractivity contribution in [3.63, 3.8) is 0 Å². The van der Waals surface area contributed by atoms with Gasteiger partial charge < -0.3 is 14.2 Å². The van der Waals surface area contributed by atoms with Crippen molar-refractivity contribution in [3.8, 4) is 22.6 Å². The number of ketones is 1. The molecule has 5 aromatic rings. The fraction of sp³-hybridized carbons (Fsp3) is 0.297. The number of hydrogen-bond acceptors (Lipinski definition) is 3. The van der Waals surface area contributed by atoms with Crippen LogP contribution in [0.15, 0.2) is 91.2 Å². The van der Waals surface area contributed by atoms with Gasteiger partial charge in [0.2, 0.25) is 0 Å². The molecule has 6 heteroatoms.